The quantitative estimate of drug-likeness (QED) is 0.0348. The summed E-state index contributed by atoms with van der Waals surface area (Å²) in [4.78, 5) is 82.6. The number of aliphatic hydroxyl groups is 5. The average molecular weight is 2930 g/mol. The van der Waals surface area contributed by atoms with E-state index in [1.165, 1.54) is 123 Å². The van der Waals surface area contributed by atoms with Crippen LogP contribution in [-0.4, -0.2) is 95.5 Å². The Morgan fingerprint density at radius 2 is 0.814 bits per heavy atom. The molecule has 6 radical (unpaired) electrons. The van der Waals surface area contributed by atoms with Gasteiger partial charge >= 0.3 is 6.18 Å². The fraction of sp³-hybridized carbons (Fsp3) is 0.0811. The predicted molar refractivity (Wildman–Crippen MR) is 532 cm³/mol. The number of hydrogen-bond acceptors (Lipinski definition) is 20. The van der Waals surface area contributed by atoms with Gasteiger partial charge in [-0.2, -0.15) is 13.2 Å². The van der Waals surface area contributed by atoms with Crippen LogP contribution in [0.5, 0.6) is 0 Å². The van der Waals surface area contributed by atoms with Crippen LogP contribution < -0.4 is 0 Å². The molecule has 9 aromatic heterocycles. The van der Waals surface area contributed by atoms with Gasteiger partial charge in [0.2, 0.25) is 0 Å². The predicted octanol–water partition coefficient (Wildman–Crippen LogP) is 27.9. The number of aliphatic hydroxyl groups excluding tert-OH is 5. The number of thiophene rings is 2. The van der Waals surface area contributed by atoms with E-state index in [2.05, 4.69) is 150 Å². The molecule has 9 heterocycles. The number of rotatable bonds is 11. The first kappa shape index (κ1) is 122. The van der Waals surface area contributed by atoms with Crippen molar-refractivity contribution in [3.63, 3.8) is 0 Å². The summed E-state index contributed by atoms with van der Waals surface area (Å²) < 4.78 is 42.1. The summed E-state index contributed by atoms with van der Waals surface area (Å²) in [6.07, 6.45) is 8.97. The van der Waals surface area contributed by atoms with Gasteiger partial charge in [-0.15, -0.1) is 166 Å². The molecule has 0 aliphatic carbocycles. The molecule has 0 amide bonds. The third-order valence-corrected chi connectivity index (χ3v) is 19.6. The maximum Gasteiger partial charge on any atom is 0.454 e. The van der Waals surface area contributed by atoms with Gasteiger partial charge in [0.15, 0.2) is 23.1 Å². The number of fused-ring (bicyclic) bond motifs is 8. The van der Waals surface area contributed by atoms with Gasteiger partial charge in [0, 0.05) is 228 Å². The second-order valence-corrected chi connectivity index (χ2v) is 30.7. The maximum absolute atomic E-state index is 11.7. The van der Waals surface area contributed by atoms with E-state index in [0.29, 0.717) is 5.89 Å². The molecular weight excluding hydrogens is 2840 g/mol. The molecule has 140 heavy (non-hydrogen) atoms. The molecule has 726 valence electrons. The summed E-state index contributed by atoms with van der Waals surface area (Å²) in [6.45, 7) is 11.4. The number of allylic oxidation sites excluding steroid dienone is 9. The molecule has 5 N–H and O–H groups in total. The number of hydrogen-bond donors (Lipinski definition) is 5. The Kier molecular flexibility index (Phi) is 57.0. The van der Waals surface area contributed by atoms with Crippen LogP contribution in [0.4, 0.5) is 13.2 Å². The van der Waals surface area contributed by atoms with Crippen molar-refractivity contribution in [1.29, 1.82) is 0 Å². The zero-order chi connectivity index (χ0) is 96.2. The first-order chi connectivity index (χ1) is 64.6. The summed E-state index contributed by atoms with van der Waals surface area (Å²) in [5.74, 6) is -2.36. The minimum Gasteiger partial charge on any atom is -0.512 e. The number of halogens is 3. The van der Waals surface area contributed by atoms with Gasteiger partial charge in [-0.25, -0.2) is 11.3 Å². The van der Waals surface area contributed by atoms with E-state index < -0.39 is 17.7 Å². The van der Waals surface area contributed by atoms with Crippen LogP contribution >= 0.6 is 22.7 Å². The van der Waals surface area contributed by atoms with E-state index in [4.69, 9.17) is 29.9 Å². The Labute approximate surface area is 926 Å². The van der Waals surface area contributed by atoms with Crippen molar-refractivity contribution in [3.8, 4) is 55.8 Å². The molecular formula is C111H91EuF3Ir5N7O11S2-5. The van der Waals surface area contributed by atoms with E-state index in [1.54, 1.807) is 35.2 Å². The van der Waals surface area contributed by atoms with Crippen molar-refractivity contribution >= 4 is 133 Å². The van der Waals surface area contributed by atoms with E-state index in [1.807, 2.05) is 231 Å². The number of benzene rings is 10. The number of carbonyl (C=O) groups is 5. The largest absolute Gasteiger partial charge is 0.512 e. The number of para-hydroxylation sites is 3. The summed E-state index contributed by atoms with van der Waals surface area (Å²) in [7, 11) is 0. The first-order valence-corrected chi connectivity index (χ1v) is 43.0. The Balaban J connectivity index is 0.000000400. The Bertz CT molecular complexity index is 6750. The molecule has 0 saturated carbocycles. The third kappa shape index (κ3) is 42.3. The van der Waals surface area contributed by atoms with Crippen molar-refractivity contribution in [2.75, 3.05) is 0 Å². The molecule has 29 heteroatoms. The number of pyridine rings is 6. The van der Waals surface area contributed by atoms with Crippen LogP contribution in [0.2, 0.25) is 0 Å². The maximum atomic E-state index is 11.7. The zero-order valence-corrected chi connectivity index (χ0v) is 92.1. The summed E-state index contributed by atoms with van der Waals surface area (Å²) >= 11 is 2.78. The van der Waals surface area contributed by atoms with Gasteiger partial charge in [0.1, 0.15) is 17.2 Å². The number of ketones is 5. The molecule has 0 atom stereocenters. The Morgan fingerprint density at radius 3 is 1.30 bits per heavy atom. The Hall–Kier alpha value is -11.8. The van der Waals surface area contributed by atoms with Crippen LogP contribution in [0.1, 0.15) is 60.3 Å². The minimum atomic E-state index is -4.94. The van der Waals surface area contributed by atoms with Crippen molar-refractivity contribution in [1.82, 2.24) is 34.9 Å². The number of nitrogens with zero attached hydrogens (tertiary/aromatic N) is 7. The second-order valence-electron chi connectivity index (χ2n) is 28.7. The standard InChI is InChI=1S/3C15H10N.C13H8NO.C13H8NS.C12H8N2.C8H5F3O2S.4C5H8O2.Eu.5Ir/c1-2-8-13-12(6-1)7-5-9-14(13)15-10-3-4-11-16-15;1-2-7-13(8-3-1)15-14-9-5-4-6-12(14)10-11-16-15;1-2-6-12(7-3-1)15-11-10-13-8-4-5-9-14(13)16-15;1-2-6-10(7-3-1)13-14-11-8-4-5-9-12(11)15-13;1-2-7-12-10(5-1)9-13(15-12)11-6-3-4-8-14-11;1-3-9-5-6-10-4-2-8-14-12(10)11(9)13-7-1;9-8(10,11)7(13)4-5(12)6-2-1-3-14-6;4*1-4(6)3-5(2)7;;;;;;/h1-8,10-11H;1-7,9-11H;1-6,8-11H;1-6,8-9H;1-8H;1-8H;1-4,12H;4*3,6H,1-2H3;;;;;;/q5*-1;;;;;;;;;;;;. The van der Waals surface area contributed by atoms with Gasteiger partial charge in [0.25, 0.3) is 5.78 Å². The SMILES string of the molecule is CC(=O)C=C(C)O.CC(=O)C=C(C)O.CC(=O)C=C(C)O.CC(=O)C=C(C)O.O=C(C=C(O)c1cccs1)C(F)(F)F.[Eu].[Ir].[Ir].[Ir].[Ir].[Ir].[c-]1c(-c2ccccn2)sc2ccccc12.[c-]1ccc2ccccc2c1-c1ccccn1.[c-]1ccccc1-c1ccc2ccccc2n1.[c-]1ccccc1-c1nc2ccccc2o1.[c-]1ccccc1-c1nccc2ccccc12.c1cnc2c(c1)ccc1cccnc12. The van der Waals surface area contributed by atoms with Crippen molar-refractivity contribution in [2.45, 2.75) is 61.6 Å². The van der Waals surface area contributed by atoms with Crippen LogP contribution in [0.15, 0.2) is 404 Å². The van der Waals surface area contributed by atoms with Crippen molar-refractivity contribution in [2.24, 2.45) is 0 Å². The smallest absolute Gasteiger partial charge is 0.454 e. The minimum absolute atomic E-state index is 0. The topological polar surface area (TPSA) is 290 Å². The molecule has 10 aromatic carbocycles. The van der Waals surface area contributed by atoms with Crippen molar-refractivity contribution < 1.29 is 217 Å². The molecule has 0 saturated heterocycles. The molecule has 19 rings (SSSR count). The number of oxazole rings is 1. The monoisotopic (exact) mass is 2940 g/mol. The molecule has 0 aliphatic rings. The third-order valence-electron chi connectivity index (χ3n) is 17.7. The normalized spacial score (nSPS) is 10.6. The molecule has 0 unspecified atom stereocenters. The van der Waals surface area contributed by atoms with Gasteiger partial charge in [-0.1, -0.05) is 169 Å². The zero-order valence-electron chi connectivity index (χ0n) is 76.1. The van der Waals surface area contributed by atoms with Crippen LogP contribution in [-0.2, 0) is 124 Å². The van der Waals surface area contributed by atoms with E-state index >= 15 is 0 Å². The van der Waals surface area contributed by atoms with Crippen LogP contribution in [0, 0.1) is 79.7 Å². The second kappa shape index (κ2) is 65.3. The van der Waals surface area contributed by atoms with Crippen LogP contribution in [0.25, 0.3) is 137 Å². The average Bonchev–Trinajstić information content (AvgIpc) is 1.38. The molecule has 0 fully saturated rings. The fourth-order valence-corrected chi connectivity index (χ4v) is 13.8. The molecule has 18 nitrogen and oxygen atoms in total. The summed E-state index contributed by atoms with van der Waals surface area (Å²) in [5.41, 5.74) is 12.6. The fourth-order valence-electron chi connectivity index (χ4n) is 12.1. The Morgan fingerprint density at radius 1 is 0.364 bits per heavy atom. The van der Waals surface area contributed by atoms with Gasteiger partial charge in [0.05, 0.1) is 50.0 Å². The van der Waals surface area contributed by atoms with Gasteiger partial charge in [-0.3, -0.25) is 43.9 Å². The van der Waals surface area contributed by atoms with Crippen LogP contribution in [0.3, 0.4) is 0 Å². The number of aromatic nitrogens is 7. The van der Waals surface area contributed by atoms with E-state index in [-0.39, 0.29) is 207 Å². The molecule has 0 aliphatic heterocycles. The number of alkyl halides is 3. The number of carbonyl (C=O) groups excluding carboxylic acids is 5. The molecule has 0 spiro atoms. The van der Waals surface area contributed by atoms with E-state index in [9.17, 15) is 37.1 Å². The summed E-state index contributed by atoms with van der Waals surface area (Å²) in [5, 5.41) is 53.5. The first-order valence-electron chi connectivity index (χ1n) is 41.3. The van der Waals surface area contributed by atoms with Crippen molar-refractivity contribution in [3.05, 3.63) is 434 Å². The van der Waals surface area contributed by atoms with E-state index in [0.717, 1.165) is 99.7 Å². The molecule has 0 bridgehead atoms. The van der Waals surface area contributed by atoms with Gasteiger partial charge < -0.3 is 44.9 Å². The molecule has 19 aromatic rings. The summed E-state index contributed by atoms with van der Waals surface area (Å²) in [6, 6.07) is 118. The van der Waals surface area contributed by atoms with Gasteiger partial charge in [-0.05, 0) is 158 Å².